The van der Waals surface area contributed by atoms with Gasteiger partial charge in [0.2, 0.25) is 0 Å². The largest absolute Gasteiger partial charge is 0.393 e. The number of pyridine rings is 1. The van der Waals surface area contributed by atoms with Gasteiger partial charge in [-0.25, -0.2) is 4.98 Å². The summed E-state index contributed by atoms with van der Waals surface area (Å²) in [5.74, 6) is 0.406. The maximum absolute atomic E-state index is 9.64. The molecule has 2 atom stereocenters. The minimum Gasteiger partial charge on any atom is -0.393 e. The lowest BCUT2D eigenvalue weighted by Gasteiger charge is -2.34. The first kappa shape index (κ1) is 12.8. The number of likely N-dealkylation sites (tertiary alicyclic amines) is 1. The van der Waals surface area contributed by atoms with Crippen molar-refractivity contribution < 1.29 is 5.11 Å². The lowest BCUT2D eigenvalue weighted by molar-refractivity contribution is 0.0598. The number of aliphatic hydroxyl groups is 1. The molecule has 3 nitrogen and oxygen atoms in total. The molecule has 0 spiro atoms. The topological polar surface area (TPSA) is 36.4 Å². The van der Waals surface area contributed by atoms with Crippen molar-refractivity contribution in [3.8, 4) is 0 Å². The van der Waals surface area contributed by atoms with E-state index in [1.54, 1.807) is 0 Å². The normalized spacial score (nSPS) is 23.6. The van der Waals surface area contributed by atoms with Crippen molar-refractivity contribution >= 4 is 11.6 Å². The van der Waals surface area contributed by atoms with Crippen LogP contribution in [0.3, 0.4) is 0 Å². The van der Waals surface area contributed by atoms with Gasteiger partial charge in [-0.1, -0.05) is 17.7 Å². The summed E-state index contributed by atoms with van der Waals surface area (Å²) < 4.78 is 0. The van der Waals surface area contributed by atoms with E-state index in [0.717, 1.165) is 32.5 Å². The third-order valence-electron chi connectivity index (χ3n) is 3.42. The van der Waals surface area contributed by atoms with E-state index >= 15 is 0 Å². The molecule has 0 saturated carbocycles. The van der Waals surface area contributed by atoms with Crippen molar-refractivity contribution in [3.63, 3.8) is 0 Å². The number of nitrogens with zero attached hydrogens (tertiary/aromatic N) is 2. The highest BCUT2D eigenvalue weighted by atomic mass is 35.5. The minimum atomic E-state index is -0.207. The molecule has 1 saturated heterocycles. The van der Waals surface area contributed by atoms with Gasteiger partial charge in [-0.15, -0.1) is 0 Å². The Labute approximate surface area is 107 Å². The number of rotatable bonds is 3. The van der Waals surface area contributed by atoms with Crippen LogP contribution in [0.4, 0.5) is 0 Å². The second kappa shape index (κ2) is 5.80. The lowest BCUT2D eigenvalue weighted by atomic mass is 9.93. The van der Waals surface area contributed by atoms with E-state index in [0.29, 0.717) is 11.1 Å². The van der Waals surface area contributed by atoms with E-state index in [-0.39, 0.29) is 6.10 Å². The van der Waals surface area contributed by atoms with Gasteiger partial charge in [-0.05, 0) is 43.9 Å². The van der Waals surface area contributed by atoms with Crippen LogP contribution in [-0.4, -0.2) is 34.2 Å². The van der Waals surface area contributed by atoms with Crippen molar-refractivity contribution in [3.05, 3.63) is 29.0 Å². The molecule has 4 heteroatoms. The van der Waals surface area contributed by atoms with Gasteiger partial charge < -0.3 is 5.11 Å². The van der Waals surface area contributed by atoms with E-state index in [1.807, 2.05) is 25.3 Å². The Kier molecular flexibility index (Phi) is 4.37. The Morgan fingerprint density at radius 3 is 3.06 bits per heavy atom. The van der Waals surface area contributed by atoms with Crippen LogP contribution >= 0.6 is 11.6 Å². The molecule has 1 aromatic rings. The van der Waals surface area contributed by atoms with Gasteiger partial charge in [0.15, 0.2) is 0 Å². The molecular weight excluding hydrogens is 236 g/mol. The molecule has 94 valence electrons. The molecule has 2 unspecified atom stereocenters. The fourth-order valence-electron chi connectivity index (χ4n) is 2.39. The van der Waals surface area contributed by atoms with Gasteiger partial charge in [0.05, 0.1) is 6.10 Å². The van der Waals surface area contributed by atoms with Gasteiger partial charge in [0, 0.05) is 19.3 Å². The van der Waals surface area contributed by atoms with Crippen molar-refractivity contribution in [1.82, 2.24) is 9.88 Å². The molecule has 0 radical (unpaired) electrons. The quantitative estimate of drug-likeness (QED) is 0.841. The Bertz CT molecular complexity index is 353. The summed E-state index contributed by atoms with van der Waals surface area (Å²) in [4.78, 5) is 6.47. The first-order valence-electron chi connectivity index (χ1n) is 6.16. The molecule has 2 rings (SSSR count). The summed E-state index contributed by atoms with van der Waals surface area (Å²) in [7, 11) is 0. The third-order valence-corrected chi connectivity index (χ3v) is 3.64. The zero-order chi connectivity index (χ0) is 12.3. The second-order valence-electron chi connectivity index (χ2n) is 4.87. The van der Waals surface area contributed by atoms with Crippen LogP contribution in [0.1, 0.15) is 25.3 Å². The van der Waals surface area contributed by atoms with Crippen LogP contribution in [0.2, 0.25) is 5.15 Å². The van der Waals surface area contributed by atoms with Crippen molar-refractivity contribution in [2.75, 3.05) is 13.1 Å². The van der Waals surface area contributed by atoms with Crippen molar-refractivity contribution in [1.29, 1.82) is 0 Å². The van der Waals surface area contributed by atoms with E-state index in [9.17, 15) is 5.11 Å². The van der Waals surface area contributed by atoms with Gasteiger partial charge in [-0.2, -0.15) is 0 Å². The highest BCUT2D eigenvalue weighted by molar-refractivity contribution is 6.29. The van der Waals surface area contributed by atoms with Crippen molar-refractivity contribution in [2.24, 2.45) is 5.92 Å². The van der Waals surface area contributed by atoms with Crippen molar-refractivity contribution in [2.45, 2.75) is 32.4 Å². The average Bonchev–Trinajstić information content (AvgIpc) is 2.32. The number of aromatic nitrogens is 1. The predicted molar refractivity (Wildman–Crippen MR) is 68.9 cm³/mol. The number of halogens is 1. The Balaban J connectivity index is 1.92. The van der Waals surface area contributed by atoms with Crippen LogP contribution < -0.4 is 0 Å². The maximum atomic E-state index is 9.64. The number of hydrogen-bond acceptors (Lipinski definition) is 3. The van der Waals surface area contributed by atoms with E-state index < -0.39 is 0 Å². The molecule has 0 aliphatic carbocycles. The molecular formula is C13H19ClN2O. The van der Waals surface area contributed by atoms with Crippen LogP contribution in [0.25, 0.3) is 0 Å². The van der Waals surface area contributed by atoms with E-state index in [4.69, 9.17) is 11.6 Å². The lowest BCUT2D eigenvalue weighted by Crippen LogP contribution is -2.39. The fraction of sp³-hybridized carbons (Fsp3) is 0.615. The monoisotopic (exact) mass is 254 g/mol. The maximum Gasteiger partial charge on any atom is 0.129 e. The third kappa shape index (κ3) is 3.66. The van der Waals surface area contributed by atoms with Crippen LogP contribution in [-0.2, 0) is 6.54 Å². The van der Waals surface area contributed by atoms with Crippen LogP contribution in [0, 0.1) is 5.92 Å². The molecule has 1 aromatic heterocycles. The summed E-state index contributed by atoms with van der Waals surface area (Å²) in [6.45, 7) is 4.86. The first-order valence-corrected chi connectivity index (χ1v) is 6.54. The molecule has 0 aromatic carbocycles. The predicted octanol–water partition coefficient (Wildman–Crippen LogP) is 2.33. The summed E-state index contributed by atoms with van der Waals surface area (Å²) in [6.07, 6.45) is 3.92. The molecule has 1 fully saturated rings. The first-order chi connectivity index (χ1) is 8.15. The summed E-state index contributed by atoms with van der Waals surface area (Å²) in [5, 5.41) is 10.2. The fourth-order valence-corrected chi connectivity index (χ4v) is 2.50. The second-order valence-corrected chi connectivity index (χ2v) is 5.25. The zero-order valence-corrected chi connectivity index (χ0v) is 10.9. The number of aliphatic hydroxyl groups excluding tert-OH is 1. The molecule has 1 aliphatic heterocycles. The van der Waals surface area contributed by atoms with Gasteiger partial charge in [0.1, 0.15) is 5.15 Å². The van der Waals surface area contributed by atoms with E-state index in [2.05, 4.69) is 9.88 Å². The molecule has 1 N–H and O–H groups in total. The summed E-state index contributed by atoms with van der Waals surface area (Å²) >= 11 is 5.76. The Morgan fingerprint density at radius 2 is 2.41 bits per heavy atom. The standard InChI is InChI=1S/C13H19ClN2O/c1-10(17)12-3-2-6-16(9-12)8-11-4-5-13(14)15-7-11/h4-5,7,10,12,17H,2-3,6,8-9H2,1H3. The summed E-state index contributed by atoms with van der Waals surface area (Å²) in [6, 6.07) is 3.84. The highest BCUT2D eigenvalue weighted by Crippen LogP contribution is 2.21. The van der Waals surface area contributed by atoms with Gasteiger partial charge in [0.25, 0.3) is 0 Å². The summed E-state index contributed by atoms with van der Waals surface area (Å²) in [5.41, 5.74) is 1.18. The Hall–Kier alpha value is -0.640. The molecule has 1 aliphatic rings. The van der Waals surface area contributed by atoms with Gasteiger partial charge in [-0.3, -0.25) is 4.90 Å². The molecule has 17 heavy (non-hydrogen) atoms. The van der Waals surface area contributed by atoms with Gasteiger partial charge >= 0.3 is 0 Å². The number of hydrogen-bond donors (Lipinski definition) is 1. The average molecular weight is 255 g/mol. The SMILES string of the molecule is CC(O)C1CCCN(Cc2ccc(Cl)nc2)C1. The highest BCUT2D eigenvalue weighted by Gasteiger charge is 2.23. The minimum absolute atomic E-state index is 0.207. The smallest absolute Gasteiger partial charge is 0.129 e. The van der Waals surface area contributed by atoms with Crippen LogP contribution in [0.5, 0.6) is 0 Å². The molecule has 0 bridgehead atoms. The Morgan fingerprint density at radius 1 is 1.59 bits per heavy atom. The van der Waals surface area contributed by atoms with Crippen LogP contribution in [0.15, 0.2) is 18.3 Å². The molecule has 0 amide bonds. The number of piperidine rings is 1. The zero-order valence-electron chi connectivity index (χ0n) is 10.1. The van der Waals surface area contributed by atoms with E-state index in [1.165, 1.54) is 5.56 Å². The molecule has 2 heterocycles.